The lowest BCUT2D eigenvalue weighted by Gasteiger charge is -2.31. The van der Waals surface area contributed by atoms with Crippen molar-refractivity contribution in [3.63, 3.8) is 0 Å². The summed E-state index contributed by atoms with van der Waals surface area (Å²) in [5.74, 6) is -0.674. The molecule has 0 spiro atoms. The van der Waals surface area contributed by atoms with Crippen molar-refractivity contribution >= 4 is 37.7 Å². The van der Waals surface area contributed by atoms with E-state index in [1.807, 2.05) is 18.9 Å². The van der Waals surface area contributed by atoms with Crippen molar-refractivity contribution in [2.75, 3.05) is 44.7 Å². The molecule has 1 unspecified atom stereocenters. The average Bonchev–Trinajstić information content (AvgIpc) is 3.68. The van der Waals surface area contributed by atoms with E-state index < -0.39 is 27.4 Å². The average molecular weight is 638 g/mol. The van der Waals surface area contributed by atoms with Gasteiger partial charge in [0.2, 0.25) is 0 Å². The van der Waals surface area contributed by atoms with Gasteiger partial charge in [0.1, 0.15) is 29.5 Å². The number of halogens is 2. The first kappa shape index (κ1) is 30.2. The number of rotatable bonds is 9. The van der Waals surface area contributed by atoms with Gasteiger partial charge in [-0.1, -0.05) is 30.3 Å². The van der Waals surface area contributed by atoms with E-state index in [0.717, 1.165) is 38.8 Å². The normalized spacial score (nSPS) is 22.3. The van der Waals surface area contributed by atoms with Crippen LogP contribution in [0.2, 0.25) is 0 Å². The molecule has 5 heterocycles. The number of nitrogens with zero attached hydrogens (tertiary/aromatic N) is 5. The number of nitrogens with one attached hydrogen (secondary N) is 2. The molecule has 3 aliphatic rings. The van der Waals surface area contributed by atoms with Crippen molar-refractivity contribution in [3.05, 3.63) is 54.2 Å². The van der Waals surface area contributed by atoms with Crippen LogP contribution in [0.4, 0.5) is 14.6 Å². The molecule has 3 fully saturated rings. The molecule has 0 saturated carbocycles. The molecule has 7 rings (SSSR count). The number of anilines is 1. The number of hydrogen-bond acceptors (Lipinski definition) is 8. The zero-order chi connectivity index (χ0) is 31.4. The van der Waals surface area contributed by atoms with Crippen LogP contribution >= 0.6 is 0 Å². The van der Waals surface area contributed by atoms with E-state index in [-0.39, 0.29) is 22.8 Å². The lowest BCUT2D eigenvalue weighted by molar-refractivity contribution is 0.108. The van der Waals surface area contributed by atoms with Gasteiger partial charge in [-0.05, 0) is 70.0 Å². The summed E-state index contributed by atoms with van der Waals surface area (Å²) in [5.41, 5.74) is -0.265. The van der Waals surface area contributed by atoms with Crippen LogP contribution in [-0.4, -0.2) is 79.2 Å². The van der Waals surface area contributed by atoms with Crippen LogP contribution in [0.15, 0.2) is 42.6 Å². The quantitative estimate of drug-likeness (QED) is 0.275. The standard InChI is InChI=1S/C32H37F2N7O3S/c1-31(19-36-45(42,43)39-31)12-5-15-40(2)29-23-18-35-27(22-10-3-8-21-9-4-11-24(33)25(21)22)26(34)28(23)37-30(38-29)44-20-32-13-6-16-41(32)17-7-14-32/h3-4,8-11,18,36,39H,5-7,12-17,19-20H2,1-2H3. The van der Waals surface area contributed by atoms with Crippen LogP contribution in [0, 0.1) is 11.6 Å². The Kier molecular flexibility index (Phi) is 7.62. The summed E-state index contributed by atoms with van der Waals surface area (Å²) < 4.78 is 66.8. The molecule has 45 heavy (non-hydrogen) atoms. The lowest BCUT2D eigenvalue weighted by Crippen LogP contribution is -2.43. The highest BCUT2D eigenvalue weighted by Crippen LogP contribution is 2.40. The molecular weight excluding hydrogens is 600 g/mol. The summed E-state index contributed by atoms with van der Waals surface area (Å²) >= 11 is 0. The largest absolute Gasteiger partial charge is 0.461 e. The maximum Gasteiger partial charge on any atom is 0.319 e. The minimum absolute atomic E-state index is 0.00162. The van der Waals surface area contributed by atoms with Gasteiger partial charge in [0.25, 0.3) is 10.2 Å². The third-order valence-electron chi connectivity index (χ3n) is 9.65. The topological polar surface area (TPSA) is 113 Å². The highest BCUT2D eigenvalue weighted by molar-refractivity contribution is 7.87. The third kappa shape index (κ3) is 5.60. The van der Waals surface area contributed by atoms with Crippen molar-refractivity contribution in [1.82, 2.24) is 29.3 Å². The summed E-state index contributed by atoms with van der Waals surface area (Å²) in [7, 11) is -1.64. The number of fused-ring (bicyclic) bond motifs is 3. The summed E-state index contributed by atoms with van der Waals surface area (Å²) in [6.07, 6.45) is 7.07. The van der Waals surface area contributed by atoms with Crippen molar-refractivity contribution in [3.8, 4) is 17.3 Å². The second-order valence-corrected chi connectivity index (χ2v) is 14.4. The van der Waals surface area contributed by atoms with Crippen LogP contribution < -0.4 is 19.1 Å². The molecular formula is C32H37F2N7O3S. The summed E-state index contributed by atoms with van der Waals surface area (Å²) in [5, 5.41) is 1.34. The SMILES string of the molecule is CN(CCCC1(C)CNS(=O)(=O)N1)c1nc(OCC23CCCN2CCC3)nc2c(F)c(-c3cccc4cccc(F)c34)ncc12. The first-order chi connectivity index (χ1) is 21.6. The van der Waals surface area contributed by atoms with Gasteiger partial charge in [0, 0.05) is 42.8 Å². The summed E-state index contributed by atoms with van der Waals surface area (Å²) in [4.78, 5) is 18.2. The van der Waals surface area contributed by atoms with Crippen molar-refractivity contribution in [2.24, 2.45) is 0 Å². The molecule has 3 saturated heterocycles. The Labute approximate surface area is 261 Å². The Bertz CT molecular complexity index is 1880. The van der Waals surface area contributed by atoms with E-state index in [2.05, 4.69) is 24.3 Å². The molecule has 1 atom stereocenters. The molecule has 0 aliphatic carbocycles. The third-order valence-corrected chi connectivity index (χ3v) is 10.9. The molecule has 2 N–H and O–H groups in total. The van der Waals surface area contributed by atoms with E-state index in [1.165, 1.54) is 12.3 Å². The second kappa shape index (κ2) is 11.4. The molecule has 238 valence electrons. The van der Waals surface area contributed by atoms with Crippen LogP contribution in [-0.2, 0) is 10.2 Å². The molecule has 0 amide bonds. The maximum absolute atomic E-state index is 16.5. The van der Waals surface area contributed by atoms with Gasteiger partial charge in [-0.2, -0.15) is 23.1 Å². The van der Waals surface area contributed by atoms with Gasteiger partial charge >= 0.3 is 6.01 Å². The van der Waals surface area contributed by atoms with E-state index >= 15 is 8.78 Å². The first-order valence-corrected chi connectivity index (χ1v) is 17.0. The first-order valence-electron chi connectivity index (χ1n) is 15.5. The van der Waals surface area contributed by atoms with Crippen LogP contribution in [0.25, 0.3) is 32.9 Å². The monoisotopic (exact) mass is 637 g/mol. The smallest absolute Gasteiger partial charge is 0.319 e. The van der Waals surface area contributed by atoms with Crippen LogP contribution in [0.1, 0.15) is 45.4 Å². The van der Waals surface area contributed by atoms with E-state index in [0.29, 0.717) is 60.1 Å². The predicted octanol–water partition coefficient (Wildman–Crippen LogP) is 4.54. The van der Waals surface area contributed by atoms with E-state index in [1.54, 1.807) is 30.3 Å². The summed E-state index contributed by atoms with van der Waals surface area (Å²) in [6, 6.07) is 10.0. The zero-order valence-corrected chi connectivity index (χ0v) is 26.3. The Morgan fingerprint density at radius 2 is 1.84 bits per heavy atom. The number of ether oxygens (including phenoxy) is 1. The van der Waals surface area contributed by atoms with Gasteiger partial charge in [-0.15, -0.1) is 0 Å². The van der Waals surface area contributed by atoms with Gasteiger partial charge in [-0.3, -0.25) is 9.88 Å². The van der Waals surface area contributed by atoms with Crippen molar-refractivity contribution < 1.29 is 21.9 Å². The molecule has 0 bridgehead atoms. The van der Waals surface area contributed by atoms with Gasteiger partial charge in [0.15, 0.2) is 5.82 Å². The van der Waals surface area contributed by atoms with Gasteiger partial charge < -0.3 is 9.64 Å². The molecule has 2 aromatic carbocycles. The Morgan fingerprint density at radius 1 is 1.09 bits per heavy atom. The van der Waals surface area contributed by atoms with Crippen molar-refractivity contribution in [2.45, 2.75) is 56.5 Å². The second-order valence-electron chi connectivity index (χ2n) is 12.9. The molecule has 10 nitrogen and oxygen atoms in total. The number of aromatic nitrogens is 3. The highest BCUT2D eigenvalue weighted by Gasteiger charge is 2.45. The Hall–Kier alpha value is -3.52. The summed E-state index contributed by atoms with van der Waals surface area (Å²) in [6.45, 7) is 5.19. The fourth-order valence-corrected chi connectivity index (χ4v) is 8.72. The number of benzene rings is 2. The minimum Gasteiger partial charge on any atom is -0.461 e. The Morgan fingerprint density at radius 3 is 2.58 bits per heavy atom. The molecule has 0 radical (unpaired) electrons. The van der Waals surface area contributed by atoms with Gasteiger partial charge in [-0.25, -0.2) is 13.5 Å². The number of hydrogen-bond donors (Lipinski definition) is 2. The minimum atomic E-state index is -3.49. The fraction of sp³-hybridized carbons (Fsp3) is 0.469. The van der Waals surface area contributed by atoms with Crippen molar-refractivity contribution in [1.29, 1.82) is 0 Å². The van der Waals surface area contributed by atoms with Gasteiger partial charge in [0.05, 0.1) is 10.9 Å². The van der Waals surface area contributed by atoms with Crippen LogP contribution in [0.3, 0.4) is 0 Å². The molecule has 13 heteroatoms. The Balaban J connectivity index is 1.25. The number of pyridine rings is 1. The molecule has 2 aromatic heterocycles. The molecule has 4 aromatic rings. The highest BCUT2D eigenvalue weighted by atomic mass is 32.2. The lowest BCUT2D eigenvalue weighted by atomic mass is 9.95. The molecule has 3 aliphatic heterocycles. The van der Waals surface area contributed by atoms with E-state index in [9.17, 15) is 8.42 Å². The van der Waals surface area contributed by atoms with Crippen LogP contribution in [0.5, 0.6) is 6.01 Å². The van der Waals surface area contributed by atoms with E-state index in [4.69, 9.17) is 9.72 Å². The maximum atomic E-state index is 16.5. The zero-order valence-electron chi connectivity index (χ0n) is 25.4. The predicted molar refractivity (Wildman–Crippen MR) is 169 cm³/mol. The fourth-order valence-electron chi connectivity index (χ4n) is 7.32.